The summed E-state index contributed by atoms with van der Waals surface area (Å²) in [4.78, 5) is 12.8. The Bertz CT molecular complexity index is 448. The van der Waals surface area contributed by atoms with E-state index in [0.29, 0.717) is 6.04 Å². The van der Waals surface area contributed by atoms with Crippen LogP contribution in [-0.4, -0.2) is 35.5 Å². The molecule has 6 heteroatoms. The summed E-state index contributed by atoms with van der Waals surface area (Å²) >= 11 is 1.23. The molecule has 3 rings (SSSR count). The molecule has 0 aliphatic carbocycles. The fraction of sp³-hybridized carbons (Fsp3) is 0.667. The third-order valence-corrected chi connectivity index (χ3v) is 4.89. The molecular formula is C12H17N3O2S. The van der Waals surface area contributed by atoms with Crippen LogP contribution in [0.2, 0.25) is 0 Å². The first-order chi connectivity index (χ1) is 8.72. The Morgan fingerprint density at radius 2 is 2.44 bits per heavy atom. The molecule has 5 nitrogen and oxygen atoms in total. The molecule has 2 aliphatic heterocycles. The molecule has 2 fully saturated rings. The van der Waals surface area contributed by atoms with Crippen molar-refractivity contribution < 1.29 is 4.92 Å². The molecule has 1 aromatic heterocycles. The first kappa shape index (κ1) is 12.1. The molecule has 2 aliphatic rings. The average Bonchev–Trinajstić information content (AvgIpc) is 2.96. The molecule has 0 amide bonds. The second kappa shape index (κ2) is 4.95. The number of rotatable bonds is 3. The number of nitro groups is 1. The summed E-state index contributed by atoms with van der Waals surface area (Å²) in [6.45, 7) is 4.22. The maximum atomic E-state index is 10.7. The van der Waals surface area contributed by atoms with Crippen LogP contribution in [0, 0.1) is 16.0 Å². The molecule has 0 saturated carbocycles. The number of nitrogens with zero attached hydrogens (tertiary/aromatic N) is 2. The minimum atomic E-state index is -0.304. The number of piperidine rings is 1. The summed E-state index contributed by atoms with van der Waals surface area (Å²) in [6.07, 6.45) is 2.47. The van der Waals surface area contributed by atoms with Crippen molar-refractivity contribution in [3.63, 3.8) is 0 Å². The van der Waals surface area contributed by atoms with Crippen LogP contribution in [0.3, 0.4) is 0 Å². The summed E-state index contributed by atoms with van der Waals surface area (Å²) in [5.41, 5.74) is 1.08. The Labute approximate surface area is 110 Å². The molecule has 0 aromatic carbocycles. The summed E-state index contributed by atoms with van der Waals surface area (Å²) in [6, 6.07) is 2.42. The Morgan fingerprint density at radius 3 is 3.22 bits per heavy atom. The number of hydrogen-bond donors (Lipinski definition) is 1. The van der Waals surface area contributed by atoms with Gasteiger partial charge in [-0.25, -0.2) is 0 Å². The van der Waals surface area contributed by atoms with Gasteiger partial charge in [-0.3, -0.25) is 15.0 Å². The third-order valence-electron chi connectivity index (χ3n) is 3.97. The van der Waals surface area contributed by atoms with E-state index >= 15 is 0 Å². The Hall–Kier alpha value is -0.980. The quantitative estimate of drug-likeness (QED) is 0.670. The van der Waals surface area contributed by atoms with Crippen LogP contribution in [0.25, 0.3) is 0 Å². The van der Waals surface area contributed by atoms with Crippen molar-refractivity contribution >= 4 is 16.3 Å². The minimum Gasteiger partial charge on any atom is -0.314 e. The number of likely N-dealkylation sites (tertiary alicyclic amines) is 1. The molecule has 0 bridgehead atoms. The maximum absolute atomic E-state index is 10.7. The van der Waals surface area contributed by atoms with E-state index in [1.807, 2.05) is 5.38 Å². The maximum Gasteiger partial charge on any atom is 0.324 e. The lowest BCUT2D eigenvalue weighted by molar-refractivity contribution is -0.380. The second-order valence-electron chi connectivity index (χ2n) is 5.18. The van der Waals surface area contributed by atoms with Gasteiger partial charge in [-0.15, -0.1) is 0 Å². The largest absolute Gasteiger partial charge is 0.324 e. The van der Waals surface area contributed by atoms with Gasteiger partial charge >= 0.3 is 5.00 Å². The van der Waals surface area contributed by atoms with Crippen molar-refractivity contribution in [1.29, 1.82) is 0 Å². The average molecular weight is 267 g/mol. The molecule has 2 saturated heterocycles. The van der Waals surface area contributed by atoms with E-state index in [4.69, 9.17) is 0 Å². The van der Waals surface area contributed by atoms with Crippen molar-refractivity contribution in [2.75, 3.05) is 19.6 Å². The first-order valence-electron chi connectivity index (χ1n) is 6.40. The molecule has 3 heterocycles. The highest BCUT2D eigenvalue weighted by molar-refractivity contribution is 7.13. The molecule has 2 unspecified atom stereocenters. The van der Waals surface area contributed by atoms with E-state index in [-0.39, 0.29) is 9.92 Å². The normalized spacial score (nSPS) is 28.2. The van der Waals surface area contributed by atoms with E-state index in [1.54, 1.807) is 6.07 Å². The number of nitrogens with one attached hydrogen (secondary N) is 1. The molecule has 1 N–H and O–H groups in total. The first-order valence-corrected chi connectivity index (χ1v) is 7.28. The van der Waals surface area contributed by atoms with Crippen molar-refractivity contribution in [2.45, 2.75) is 25.4 Å². The van der Waals surface area contributed by atoms with Gasteiger partial charge in [0.05, 0.1) is 4.92 Å². The lowest BCUT2D eigenvalue weighted by Crippen LogP contribution is -2.43. The van der Waals surface area contributed by atoms with Crippen molar-refractivity contribution in [3.8, 4) is 0 Å². The predicted octanol–water partition coefficient (Wildman–Crippen LogP) is 1.84. The predicted molar refractivity (Wildman–Crippen MR) is 70.8 cm³/mol. The highest BCUT2D eigenvalue weighted by atomic mass is 32.1. The number of hydrogen-bond acceptors (Lipinski definition) is 5. The standard InChI is InChI=1S/C12H17N3O2S/c16-15(17)12-5-9(8-18-12)6-14-4-2-11-10(7-14)1-3-13-11/h5,8,10-11,13H,1-4,6-7H2. The van der Waals surface area contributed by atoms with Crippen LogP contribution < -0.4 is 5.32 Å². The van der Waals surface area contributed by atoms with E-state index in [1.165, 1.54) is 24.2 Å². The fourth-order valence-corrected chi connectivity index (χ4v) is 3.79. The van der Waals surface area contributed by atoms with Crippen LogP contribution in [0.1, 0.15) is 18.4 Å². The van der Waals surface area contributed by atoms with Crippen LogP contribution in [0.4, 0.5) is 5.00 Å². The summed E-state index contributed by atoms with van der Waals surface area (Å²) in [7, 11) is 0. The van der Waals surface area contributed by atoms with E-state index < -0.39 is 0 Å². The van der Waals surface area contributed by atoms with Crippen LogP contribution in [0.5, 0.6) is 0 Å². The van der Waals surface area contributed by atoms with E-state index in [9.17, 15) is 10.1 Å². The molecule has 0 spiro atoms. The van der Waals surface area contributed by atoms with Gasteiger partial charge < -0.3 is 5.32 Å². The minimum absolute atomic E-state index is 0.252. The van der Waals surface area contributed by atoms with Gasteiger partial charge in [0.1, 0.15) is 0 Å². The zero-order valence-corrected chi connectivity index (χ0v) is 11.0. The third kappa shape index (κ3) is 2.41. The van der Waals surface area contributed by atoms with Gasteiger partial charge in [-0.2, -0.15) is 0 Å². The highest BCUT2D eigenvalue weighted by Gasteiger charge is 2.32. The summed E-state index contributed by atoms with van der Waals surface area (Å²) < 4.78 is 0. The fourth-order valence-electron chi connectivity index (χ4n) is 3.07. The number of thiophene rings is 1. The number of fused-ring (bicyclic) bond motifs is 1. The van der Waals surface area contributed by atoms with Crippen LogP contribution in [0.15, 0.2) is 11.4 Å². The lowest BCUT2D eigenvalue weighted by atomic mass is 9.93. The van der Waals surface area contributed by atoms with Crippen molar-refractivity contribution in [1.82, 2.24) is 10.2 Å². The lowest BCUT2D eigenvalue weighted by Gasteiger charge is -2.34. The smallest absolute Gasteiger partial charge is 0.314 e. The van der Waals surface area contributed by atoms with E-state index in [2.05, 4.69) is 10.2 Å². The summed E-state index contributed by atoms with van der Waals surface area (Å²) in [5.74, 6) is 0.771. The molecule has 0 radical (unpaired) electrons. The van der Waals surface area contributed by atoms with Gasteiger partial charge in [-0.1, -0.05) is 11.3 Å². The second-order valence-corrected chi connectivity index (χ2v) is 6.07. The SMILES string of the molecule is O=[N+]([O-])c1cc(CN2CCC3NCCC3C2)cs1. The zero-order valence-electron chi connectivity index (χ0n) is 10.2. The molecule has 18 heavy (non-hydrogen) atoms. The van der Waals surface area contributed by atoms with Crippen molar-refractivity contribution in [2.24, 2.45) is 5.92 Å². The molecule has 2 atom stereocenters. The topological polar surface area (TPSA) is 58.4 Å². The monoisotopic (exact) mass is 267 g/mol. The van der Waals surface area contributed by atoms with Crippen LogP contribution in [-0.2, 0) is 6.54 Å². The van der Waals surface area contributed by atoms with Gasteiger partial charge in [0.25, 0.3) is 0 Å². The van der Waals surface area contributed by atoms with Gasteiger partial charge in [0.2, 0.25) is 0 Å². The van der Waals surface area contributed by atoms with Gasteiger partial charge in [-0.05, 0) is 37.4 Å². The van der Waals surface area contributed by atoms with Crippen LogP contribution >= 0.6 is 11.3 Å². The Morgan fingerprint density at radius 1 is 1.56 bits per heavy atom. The van der Waals surface area contributed by atoms with Crippen molar-refractivity contribution in [3.05, 3.63) is 27.1 Å². The Kier molecular flexibility index (Phi) is 3.32. The van der Waals surface area contributed by atoms with E-state index in [0.717, 1.165) is 37.7 Å². The summed E-state index contributed by atoms with van der Waals surface area (Å²) in [5, 5.41) is 16.4. The Balaban J connectivity index is 1.60. The highest BCUT2D eigenvalue weighted by Crippen LogP contribution is 2.28. The van der Waals surface area contributed by atoms with Gasteiger partial charge in [0, 0.05) is 30.6 Å². The molecule has 98 valence electrons. The van der Waals surface area contributed by atoms with Gasteiger partial charge in [0.15, 0.2) is 0 Å². The molecule has 1 aromatic rings. The molecular weight excluding hydrogens is 250 g/mol. The zero-order chi connectivity index (χ0) is 12.5.